The van der Waals surface area contributed by atoms with Crippen LogP contribution in [0.2, 0.25) is 0 Å². The number of anilines is 3. The molecule has 7 heteroatoms. The smallest absolute Gasteiger partial charge is 0.252 e. The molecule has 0 spiro atoms. The normalized spacial score (nSPS) is 14.4. The molecule has 1 saturated carbocycles. The molecule has 1 aliphatic carbocycles. The molecule has 0 unspecified atom stereocenters. The van der Waals surface area contributed by atoms with Gasteiger partial charge in [0.25, 0.3) is 5.91 Å². The summed E-state index contributed by atoms with van der Waals surface area (Å²) in [5.74, 6) is 3.59. The van der Waals surface area contributed by atoms with Crippen molar-refractivity contribution in [2.75, 3.05) is 17.2 Å². The van der Waals surface area contributed by atoms with Crippen molar-refractivity contribution in [3.63, 3.8) is 0 Å². The fourth-order valence-electron chi connectivity index (χ4n) is 3.11. The van der Waals surface area contributed by atoms with Crippen LogP contribution < -0.4 is 16.4 Å². The number of hydrogen-bond donors (Lipinski definition) is 3. The SMILES string of the molecule is C#Cc1cnc(Nc2cc(NCC3CCCCC3)c(C(N)=O)cn2)cn1. The predicted octanol–water partition coefficient (Wildman–Crippen LogP) is 2.69. The second kappa shape index (κ2) is 8.30. The van der Waals surface area contributed by atoms with Crippen molar-refractivity contribution >= 4 is 23.2 Å². The van der Waals surface area contributed by atoms with Gasteiger partial charge >= 0.3 is 0 Å². The average Bonchev–Trinajstić information content (AvgIpc) is 2.68. The minimum atomic E-state index is -0.506. The van der Waals surface area contributed by atoms with E-state index in [-0.39, 0.29) is 0 Å². The Kier molecular flexibility index (Phi) is 5.64. The minimum Gasteiger partial charge on any atom is -0.384 e. The molecular weight excluding hydrogens is 328 g/mol. The van der Waals surface area contributed by atoms with E-state index in [0.717, 1.165) is 6.54 Å². The molecule has 134 valence electrons. The lowest BCUT2D eigenvalue weighted by Crippen LogP contribution is -2.20. The van der Waals surface area contributed by atoms with E-state index < -0.39 is 5.91 Å². The zero-order valence-corrected chi connectivity index (χ0v) is 14.5. The Morgan fingerprint density at radius 3 is 2.58 bits per heavy atom. The molecule has 3 rings (SSSR count). The molecule has 1 aliphatic rings. The van der Waals surface area contributed by atoms with E-state index >= 15 is 0 Å². The number of nitrogens with zero attached hydrogens (tertiary/aromatic N) is 3. The summed E-state index contributed by atoms with van der Waals surface area (Å²) in [7, 11) is 0. The highest BCUT2D eigenvalue weighted by Crippen LogP contribution is 2.26. The summed E-state index contributed by atoms with van der Waals surface area (Å²) in [6, 6.07) is 1.76. The van der Waals surface area contributed by atoms with E-state index in [1.165, 1.54) is 50.7 Å². The molecule has 2 aromatic rings. The van der Waals surface area contributed by atoms with Crippen molar-refractivity contribution in [1.82, 2.24) is 15.0 Å². The molecule has 26 heavy (non-hydrogen) atoms. The van der Waals surface area contributed by atoms with Crippen LogP contribution in [0.5, 0.6) is 0 Å². The van der Waals surface area contributed by atoms with Crippen LogP contribution in [0.25, 0.3) is 0 Å². The van der Waals surface area contributed by atoms with Crippen LogP contribution in [-0.4, -0.2) is 27.4 Å². The Balaban J connectivity index is 1.74. The van der Waals surface area contributed by atoms with Gasteiger partial charge in [0.15, 0.2) is 0 Å². The zero-order chi connectivity index (χ0) is 18.4. The first-order chi connectivity index (χ1) is 12.7. The summed E-state index contributed by atoms with van der Waals surface area (Å²) in [6.45, 7) is 0.820. The molecule has 0 bridgehead atoms. The van der Waals surface area contributed by atoms with Crippen LogP contribution in [0.3, 0.4) is 0 Å². The monoisotopic (exact) mass is 350 g/mol. The first kappa shape index (κ1) is 17.7. The van der Waals surface area contributed by atoms with Gasteiger partial charge in [-0.25, -0.2) is 15.0 Å². The molecule has 0 aromatic carbocycles. The highest BCUT2D eigenvalue weighted by atomic mass is 16.1. The Hall–Kier alpha value is -3.14. The van der Waals surface area contributed by atoms with Crippen LogP contribution in [0, 0.1) is 18.3 Å². The zero-order valence-electron chi connectivity index (χ0n) is 14.5. The maximum absolute atomic E-state index is 11.7. The van der Waals surface area contributed by atoms with E-state index in [1.807, 2.05) is 0 Å². The molecule has 2 aromatic heterocycles. The van der Waals surface area contributed by atoms with Crippen molar-refractivity contribution in [3.05, 3.63) is 35.9 Å². The Bertz CT molecular complexity index is 806. The van der Waals surface area contributed by atoms with Crippen molar-refractivity contribution in [2.24, 2.45) is 11.7 Å². The van der Waals surface area contributed by atoms with Gasteiger partial charge in [-0.3, -0.25) is 4.79 Å². The largest absolute Gasteiger partial charge is 0.384 e. The van der Waals surface area contributed by atoms with Crippen molar-refractivity contribution in [3.8, 4) is 12.3 Å². The lowest BCUT2D eigenvalue weighted by Gasteiger charge is -2.23. The lowest BCUT2D eigenvalue weighted by molar-refractivity contribution is 0.100. The minimum absolute atomic E-state index is 0.375. The molecule has 7 nitrogen and oxygen atoms in total. The standard InChI is InChI=1S/C19H22N6O/c1-2-14-10-23-18(12-21-14)25-17-8-16(15(11-24-17)19(20)26)22-9-13-6-4-3-5-7-13/h1,8,10-13H,3-7,9H2,(H2,20,26)(H2,22,23,24,25). The number of amides is 1. The molecule has 0 atom stereocenters. The fraction of sp³-hybridized carbons (Fsp3) is 0.368. The quantitative estimate of drug-likeness (QED) is 0.692. The third kappa shape index (κ3) is 4.48. The number of carbonyl (C=O) groups is 1. The van der Waals surface area contributed by atoms with Gasteiger partial charge in [-0.15, -0.1) is 6.42 Å². The molecule has 1 fully saturated rings. The number of nitrogens with one attached hydrogen (secondary N) is 2. The van der Waals surface area contributed by atoms with E-state index in [9.17, 15) is 4.79 Å². The van der Waals surface area contributed by atoms with Gasteiger partial charge in [-0.05, 0) is 24.7 Å². The second-order valence-electron chi connectivity index (χ2n) is 6.42. The number of pyridine rings is 1. The fourth-order valence-corrected chi connectivity index (χ4v) is 3.11. The topological polar surface area (TPSA) is 106 Å². The van der Waals surface area contributed by atoms with Gasteiger partial charge in [0.05, 0.1) is 23.6 Å². The molecule has 0 radical (unpaired) electrons. The van der Waals surface area contributed by atoms with Crippen molar-refractivity contribution in [1.29, 1.82) is 0 Å². The number of primary amides is 1. The molecule has 0 aliphatic heterocycles. The Morgan fingerprint density at radius 2 is 1.92 bits per heavy atom. The first-order valence-electron chi connectivity index (χ1n) is 8.75. The second-order valence-corrected chi connectivity index (χ2v) is 6.42. The number of aromatic nitrogens is 3. The van der Waals surface area contributed by atoms with E-state index in [1.54, 1.807) is 6.07 Å². The number of nitrogens with two attached hydrogens (primary N) is 1. The van der Waals surface area contributed by atoms with Gasteiger partial charge in [-0.1, -0.05) is 19.3 Å². The third-order valence-corrected chi connectivity index (χ3v) is 4.53. The summed E-state index contributed by atoms with van der Waals surface area (Å²) in [5, 5.41) is 6.42. The highest BCUT2D eigenvalue weighted by Gasteiger charge is 2.16. The van der Waals surface area contributed by atoms with Crippen molar-refractivity contribution < 1.29 is 4.79 Å². The van der Waals surface area contributed by atoms with E-state index in [2.05, 4.69) is 31.5 Å². The van der Waals surface area contributed by atoms with E-state index in [0.29, 0.717) is 34.5 Å². The average molecular weight is 350 g/mol. The summed E-state index contributed by atoms with van der Waals surface area (Å²) >= 11 is 0. The third-order valence-electron chi connectivity index (χ3n) is 4.53. The maximum Gasteiger partial charge on any atom is 0.252 e. The van der Waals surface area contributed by atoms with Gasteiger partial charge in [0.1, 0.15) is 17.3 Å². The molecule has 1 amide bonds. The van der Waals surface area contributed by atoms with Crippen molar-refractivity contribution in [2.45, 2.75) is 32.1 Å². The van der Waals surface area contributed by atoms with Crippen LogP contribution in [0.4, 0.5) is 17.3 Å². The molecule has 2 heterocycles. The van der Waals surface area contributed by atoms with Gasteiger partial charge in [-0.2, -0.15) is 0 Å². The summed E-state index contributed by atoms with van der Waals surface area (Å²) in [5.41, 5.74) is 6.99. The summed E-state index contributed by atoms with van der Waals surface area (Å²) < 4.78 is 0. The number of rotatable bonds is 6. The molecule has 4 N–H and O–H groups in total. The number of terminal acetylenes is 1. The lowest BCUT2D eigenvalue weighted by atomic mass is 9.89. The van der Waals surface area contributed by atoms with Gasteiger partial charge < -0.3 is 16.4 Å². The molecule has 0 saturated heterocycles. The van der Waals surface area contributed by atoms with Crippen LogP contribution in [-0.2, 0) is 0 Å². The Morgan fingerprint density at radius 1 is 1.15 bits per heavy atom. The molecular formula is C19H22N6O. The number of carbonyl (C=O) groups excluding carboxylic acids is 1. The predicted molar refractivity (Wildman–Crippen MR) is 101 cm³/mol. The first-order valence-corrected chi connectivity index (χ1v) is 8.75. The highest BCUT2D eigenvalue weighted by molar-refractivity contribution is 5.98. The van der Waals surface area contributed by atoms with Gasteiger partial charge in [0, 0.05) is 18.8 Å². The van der Waals surface area contributed by atoms with Crippen LogP contribution in [0.1, 0.15) is 48.2 Å². The Labute approximate surface area is 152 Å². The maximum atomic E-state index is 11.7. The van der Waals surface area contributed by atoms with Crippen LogP contribution in [0.15, 0.2) is 24.7 Å². The van der Waals surface area contributed by atoms with Crippen LogP contribution >= 0.6 is 0 Å². The summed E-state index contributed by atoms with van der Waals surface area (Å²) in [6.07, 6.45) is 16.1. The van der Waals surface area contributed by atoms with E-state index in [4.69, 9.17) is 12.2 Å². The summed E-state index contributed by atoms with van der Waals surface area (Å²) in [4.78, 5) is 24.2. The number of hydrogen-bond acceptors (Lipinski definition) is 6. The van der Waals surface area contributed by atoms with Gasteiger partial charge in [0.2, 0.25) is 0 Å².